The van der Waals surface area contributed by atoms with Gasteiger partial charge in [-0.05, 0) is 32.9 Å². The molecule has 0 saturated heterocycles. The second-order valence-corrected chi connectivity index (χ2v) is 7.53. The fourth-order valence-electron chi connectivity index (χ4n) is 2.20. The minimum absolute atomic E-state index is 0.186. The summed E-state index contributed by atoms with van der Waals surface area (Å²) in [4.78, 5) is 22.9. The van der Waals surface area contributed by atoms with E-state index in [0.29, 0.717) is 23.5 Å². The Balaban J connectivity index is 3.03. The van der Waals surface area contributed by atoms with E-state index in [4.69, 9.17) is 18.9 Å². The number of rotatable bonds is 9. The smallest absolute Gasteiger partial charge is 0.341 e. The van der Waals surface area contributed by atoms with Crippen LogP contribution in [0.1, 0.15) is 45.0 Å². The van der Waals surface area contributed by atoms with E-state index in [0.717, 1.165) is 0 Å². The monoisotopic (exact) mass is 367 g/mol. The molecule has 0 saturated carbocycles. The molecule has 0 aromatic heterocycles. The maximum Gasteiger partial charge on any atom is 0.341 e. The van der Waals surface area contributed by atoms with E-state index < -0.39 is 23.2 Å². The van der Waals surface area contributed by atoms with Crippen LogP contribution >= 0.6 is 0 Å². The fourth-order valence-corrected chi connectivity index (χ4v) is 2.20. The van der Waals surface area contributed by atoms with E-state index in [1.807, 2.05) is 34.6 Å². The molecule has 0 aliphatic carbocycles. The van der Waals surface area contributed by atoms with Crippen molar-refractivity contribution in [3.05, 3.63) is 23.8 Å². The second-order valence-electron chi connectivity index (χ2n) is 7.53. The van der Waals surface area contributed by atoms with Crippen LogP contribution in [-0.4, -0.2) is 45.0 Å². The van der Waals surface area contributed by atoms with Crippen molar-refractivity contribution < 1.29 is 28.5 Å². The molecule has 0 fully saturated rings. The molecular formula is C19H29NO6. The second kappa shape index (κ2) is 8.89. The van der Waals surface area contributed by atoms with Gasteiger partial charge < -0.3 is 24.3 Å². The first-order chi connectivity index (χ1) is 12.0. The Kier molecular flexibility index (Phi) is 7.44. The van der Waals surface area contributed by atoms with Gasteiger partial charge in [-0.1, -0.05) is 13.8 Å². The topological polar surface area (TPSA) is 83.1 Å². The number of hydrogen-bond donors (Lipinski definition) is 1. The Morgan fingerprint density at radius 2 is 1.85 bits per heavy atom. The number of carbonyl (C=O) groups excluding carboxylic acids is 2. The average molecular weight is 367 g/mol. The van der Waals surface area contributed by atoms with Crippen molar-refractivity contribution in [2.45, 2.75) is 46.4 Å². The highest BCUT2D eigenvalue weighted by atomic mass is 16.5. The molecule has 0 aliphatic rings. The summed E-state index contributed by atoms with van der Waals surface area (Å²) in [5, 5.41) is 2.69. The first kappa shape index (κ1) is 21.8. The van der Waals surface area contributed by atoms with E-state index >= 15 is 0 Å². The van der Waals surface area contributed by atoms with Crippen LogP contribution in [0, 0.1) is 5.41 Å². The van der Waals surface area contributed by atoms with Gasteiger partial charge in [0.2, 0.25) is 6.41 Å². The lowest BCUT2D eigenvalue weighted by molar-refractivity contribution is -0.142. The molecule has 26 heavy (non-hydrogen) atoms. The zero-order valence-corrected chi connectivity index (χ0v) is 16.5. The first-order valence-electron chi connectivity index (χ1n) is 8.30. The number of hydrogen-bond acceptors (Lipinski definition) is 6. The Bertz CT molecular complexity index is 621. The third-order valence-corrected chi connectivity index (χ3v) is 3.59. The number of methoxy groups -OCH3 is 2. The van der Waals surface area contributed by atoms with Crippen molar-refractivity contribution in [3.8, 4) is 11.5 Å². The lowest BCUT2D eigenvalue weighted by atomic mass is 9.91. The fraction of sp³-hybridized carbons (Fsp3) is 0.579. The SMILES string of the molecule is COC(=O)c1ccc(OC)cc1OCC(C)(C)C(NC=O)OC(C)(C)C. The van der Waals surface area contributed by atoms with Gasteiger partial charge in [-0.25, -0.2) is 4.79 Å². The standard InChI is InChI=1S/C19H29NO6/c1-18(2,3)26-17(20-12-21)19(4,5)11-25-15-10-13(23-6)8-9-14(15)16(22)24-7/h8-10,12,17H,11H2,1-7H3,(H,20,21). The third-order valence-electron chi connectivity index (χ3n) is 3.59. The Morgan fingerprint density at radius 1 is 1.19 bits per heavy atom. The van der Waals surface area contributed by atoms with Gasteiger partial charge in [-0.3, -0.25) is 4.79 Å². The molecule has 1 amide bonds. The third kappa shape index (κ3) is 6.22. The quantitative estimate of drug-likeness (QED) is 0.410. The molecular weight excluding hydrogens is 338 g/mol. The largest absolute Gasteiger partial charge is 0.497 e. The van der Waals surface area contributed by atoms with Crippen LogP contribution in [-0.2, 0) is 14.3 Å². The van der Waals surface area contributed by atoms with E-state index in [9.17, 15) is 9.59 Å². The van der Waals surface area contributed by atoms with Crippen molar-refractivity contribution in [3.63, 3.8) is 0 Å². The summed E-state index contributed by atoms with van der Waals surface area (Å²) < 4.78 is 21.8. The summed E-state index contributed by atoms with van der Waals surface area (Å²) in [5.74, 6) is 0.387. The highest BCUT2D eigenvalue weighted by Crippen LogP contribution is 2.30. The minimum Gasteiger partial charge on any atom is -0.497 e. The van der Waals surface area contributed by atoms with Gasteiger partial charge in [-0.15, -0.1) is 0 Å². The maximum atomic E-state index is 12.0. The Labute approximate surface area is 155 Å². The molecule has 1 atom stereocenters. The number of benzene rings is 1. The van der Waals surface area contributed by atoms with Crippen LogP contribution in [0.15, 0.2) is 18.2 Å². The van der Waals surface area contributed by atoms with Crippen molar-refractivity contribution in [1.82, 2.24) is 5.32 Å². The average Bonchev–Trinajstić information content (AvgIpc) is 2.57. The van der Waals surface area contributed by atoms with Crippen LogP contribution < -0.4 is 14.8 Å². The number of nitrogens with one attached hydrogen (secondary N) is 1. The zero-order valence-electron chi connectivity index (χ0n) is 16.5. The van der Waals surface area contributed by atoms with E-state index in [1.165, 1.54) is 14.2 Å². The van der Waals surface area contributed by atoms with Crippen LogP contribution in [0.3, 0.4) is 0 Å². The van der Waals surface area contributed by atoms with Crippen molar-refractivity contribution in [2.24, 2.45) is 5.41 Å². The zero-order chi connectivity index (χ0) is 20.0. The molecule has 0 spiro atoms. The molecule has 0 heterocycles. The van der Waals surface area contributed by atoms with Crippen LogP contribution in [0.25, 0.3) is 0 Å². The summed E-state index contributed by atoms with van der Waals surface area (Å²) in [6.07, 6.45) is 0.0241. The van der Waals surface area contributed by atoms with Gasteiger partial charge in [0.15, 0.2) is 0 Å². The predicted octanol–water partition coefficient (Wildman–Crippen LogP) is 2.77. The van der Waals surface area contributed by atoms with E-state index in [-0.39, 0.29) is 6.61 Å². The normalized spacial score (nSPS) is 12.9. The molecule has 7 nitrogen and oxygen atoms in total. The van der Waals surface area contributed by atoms with Gasteiger partial charge in [0.25, 0.3) is 0 Å². The van der Waals surface area contributed by atoms with Gasteiger partial charge in [-0.2, -0.15) is 0 Å². The van der Waals surface area contributed by atoms with Crippen LogP contribution in [0.2, 0.25) is 0 Å². The van der Waals surface area contributed by atoms with Crippen molar-refractivity contribution in [1.29, 1.82) is 0 Å². The molecule has 0 bridgehead atoms. The lowest BCUT2D eigenvalue weighted by Crippen LogP contribution is -2.49. The van der Waals surface area contributed by atoms with Crippen LogP contribution in [0.4, 0.5) is 0 Å². The van der Waals surface area contributed by atoms with E-state index in [2.05, 4.69) is 5.32 Å². The molecule has 1 rings (SSSR count). The first-order valence-corrected chi connectivity index (χ1v) is 8.30. The Hall–Kier alpha value is -2.28. The number of ether oxygens (including phenoxy) is 4. The molecule has 146 valence electrons. The Morgan fingerprint density at radius 3 is 2.35 bits per heavy atom. The minimum atomic E-state index is -0.579. The van der Waals surface area contributed by atoms with Gasteiger partial charge in [0.05, 0.1) is 26.4 Å². The number of amides is 1. The summed E-state index contributed by atoms with van der Waals surface area (Å²) in [5.41, 5.74) is -0.740. The lowest BCUT2D eigenvalue weighted by Gasteiger charge is -2.37. The van der Waals surface area contributed by atoms with Gasteiger partial charge >= 0.3 is 5.97 Å². The number of esters is 1. The summed E-state index contributed by atoms with van der Waals surface area (Å²) >= 11 is 0. The predicted molar refractivity (Wildman–Crippen MR) is 97.4 cm³/mol. The molecule has 1 N–H and O–H groups in total. The molecule has 0 aliphatic heterocycles. The van der Waals surface area contributed by atoms with Crippen molar-refractivity contribution in [2.75, 3.05) is 20.8 Å². The molecule has 1 aromatic carbocycles. The summed E-state index contributed by atoms with van der Waals surface area (Å²) in [6.45, 7) is 9.70. The van der Waals surface area contributed by atoms with Gasteiger partial charge in [0, 0.05) is 11.5 Å². The summed E-state index contributed by atoms with van der Waals surface area (Å²) in [7, 11) is 2.84. The van der Waals surface area contributed by atoms with Gasteiger partial charge in [0.1, 0.15) is 23.3 Å². The highest BCUT2D eigenvalue weighted by molar-refractivity contribution is 5.92. The highest BCUT2D eigenvalue weighted by Gasteiger charge is 2.34. The maximum absolute atomic E-state index is 12.0. The molecule has 0 radical (unpaired) electrons. The van der Waals surface area contributed by atoms with E-state index in [1.54, 1.807) is 18.2 Å². The molecule has 7 heteroatoms. The number of carbonyl (C=O) groups is 2. The van der Waals surface area contributed by atoms with Crippen LogP contribution in [0.5, 0.6) is 11.5 Å². The summed E-state index contributed by atoms with van der Waals surface area (Å²) in [6, 6.07) is 4.86. The van der Waals surface area contributed by atoms with Crippen molar-refractivity contribution >= 4 is 12.4 Å². The molecule has 1 unspecified atom stereocenters. The molecule has 1 aromatic rings.